The van der Waals surface area contributed by atoms with Crippen molar-refractivity contribution in [3.05, 3.63) is 27.7 Å². The van der Waals surface area contributed by atoms with Gasteiger partial charge in [0.1, 0.15) is 0 Å². The molecule has 1 fully saturated rings. The second-order valence-electron chi connectivity index (χ2n) is 4.70. The molecule has 0 aliphatic carbocycles. The van der Waals surface area contributed by atoms with Gasteiger partial charge in [-0.3, -0.25) is 4.79 Å². The number of nitrogens with one attached hydrogen (secondary N) is 1. The van der Waals surface area contributed by atoms with Gasteiger partial charge in [-0.1, -0.05) is 11.6 Å². The van der Waals surface area contributed by atoms with Crippen LogP contribution in [0.5, 0.6) is 0 Å². The van der Waals surface area contributed by atoms with E-state index in [1.807, 2.05) is 0 Å². The highest BCUT2D eigenvalue weighted by Gasteiger charge is 2.15. The van der Waals surface area contributed by atoms with Crippen LogP contribution in [0.25, 0.3) is 0 Å². The van der Waals surface area contributed by atoms with E-state index in [4.69, 9.17) is 16.3 Å². The van der Waals surface area contributed by atoms with Crippen LogP contribution in [0.2, 0.25) is 5.02 Å². The summed E-state index contributed by atoms with van der Waals surface area (Å²) in [6.07, 6.45) is 4.93. The number of ether oxygens (including phenoxy) is 1. The summed E-state index contributed by atoms with van der Waals surface area (Å²) in [5.41, 5.74) is 0.749. The van der Waals surface area contributed by atoms with Crippen molar-refractivity contribution in [1.29, 1.82) is 0 Å². The van der Waals surface area contributed by atoms with Gasteiger partial charge in [-0.25, -0.2) is 0 Å². The van der Waals surface area contributed by atoms with E-state index in [9.17, 15) is 4.79 Å². The molecule has 0 aromatic heterocycles. The maximum Gasteiger partial charge on any atom is 0.224 e. The smallest absolute Gasteiger partial charge is 0.224 e. The third-order valence-corrected chi connectivity index (χ3v) is 4.06. The van der Waals surface area contributed by atoms with Crippen molar-refractivity contribution in [3.8, 4) is 0 Å². The zero-order valence-corrected chi connectivity index (χ0v) is 13.0. The maximum absolute atomic E-state index is 11.9. The molecule has 0 spiro atoms. The highest BCUT2D eigenvalue weighted by atomic mass is 79.9. The van der Waals surface area contributed by atoms with Gasteiger partial charge >= 0.3 is 0 Å². The molecule has 1 unspecified atom stereocenters. The van der Waals surface area contributed by atoms with Gasteiger partial charge in [0.25, 0.3) is 0 Å². The molecule has 0 radical (unpaired) electrons. The number of hydrogen-bond donors (Lipinski definition) is 1. The molecule has 0 bridgehead atoms. The summed E-state index contributed by atoms with van der Waals surface area (Å²) >= 11 is 9.24. The normalized spacial score (nSPS) is 19.2. The molecule has 1 aliphatic heterocycles. The van der Waals surface area contributed by atoms with Crippen molar-refractivity contribution in [2.24, 2.45) is 0 Å². The first kappa shape index (κ1) is 14.8. The zero-order chi connectivity index (χ0) is 13.7. The third-order valence-electron chi connectivity index (χ3n) is 3.17. The monoisotopic (exact) mass is 345 g/mol. The Bertz CT molecular complexity index is 447. The minimum Gasteiger partial charge on any atom is -0.378 e. The van der Waals surface area contributed by atoms with Crippen LogP contribution in [-0.4, -0.2) is 18.6 Å². The Kier molecular flexibility index (Phi) is 5.67. The fourth-order valence-corrected chi connectivity index (χ4v) is 2.91. The molecular weight excluding hydrogens is 330 g/mol. The fourth-order valence-electron chi connectivity index (χ4n) is 2.13. The predicted octanol–water partition coefficient (Wildman–Crippen LogP) is 4.39. The van der Waals surface area contributed by atoms with Gasteiger partial charge < -0.3 is 10.1 Å². The van der Waals surface area contributed by atoms with E-state index >= 15 is 0 Å². The summed E-state index contributed by atoms with van der Waals surface area (Å²) in [4.78, 5) is 11.9. The number of carbonyl (C=O) groups excluding carboxylic acids is 1. The van der Waals surface area contributed by atoms with E-state index in [0.717, 1.165) is 36.0 Å². The molecule has 19 heavy (non-hydrogen) atoms. The lowest BCUT2D eigenvalue weighted by molar-refractivity contribution is -0.117. The Hall–Kier alpha value is -0.580. The van der Waals surface area contributed by atoms with Crippen molar-refractivity contribution in [3.63, 3.8) is 0 Å². The van der Waals surface area contributed by atoms with Crippen molar-refractivity contribution in [2.75, 3.05) is 11.9 Å². The van der Waals surface area contributed by atoms with E-state index in [2.05, 4.69) is 21.2 Å². The van der Waals surface area contributed by atoms with Crippen LogP contribution < -0.4 is 5.32 Å². The average molecular weight is 347 g/mol. The van der Waals surface area contributed by atoms with Gasteiger partial charge in [-0.2, -0.15) is 0 Å². The lowest BCUT2D eigenvalue weighted by atomic mass is 10.0. The van der Waals surface area contributed by atoms with E-state index in [1.165, 1.54) is 6.42 Å². The number of halogens is 2. The second kappa shape index (κ2) is 7.27. The average Bonchev–Trinajstić information content (AvgIpc) is 2.41. The first-order valence-corrected chi connectivity index (χ1v) is 7.69. The molecule has 104 valence electrons. The summed E-state index contributed by atoms with van der Waals surface area (Å²) in [5.74, 6) is 0.0113. The van der Waals surface area contributed by atoms with Gasteiger partial charge in [0.05, 0.1) is 11.8 Å². The van der Waals surface area contributed by atoms with Crippen molar-refractivity contribution < 1.29 is 9.53 Å². The predicted molar refractivity (Wildman–Crippen MR) is 80.6 cm³/mol. The van der Waals surface area contributed by atoms with Gasteiger partial charge in [-0.05, 0) is 59.8 Å². The Balaban J connectivity index is 1.80. The van der Waals surface area contributed by atoms with Gasteiger partial charge in [-0.15, -0.1) is 0 Å². The van der Waals surface area contributed by atoms with Crippen LogP contribution in [0, 0.1) is 0 Å². The minimum absolute atomic E-state index is 0.0113. The maximum atomic E-state index is 11.9. The summed E-state index contributed by atoms with van der Waals surface area (Å²) < 4.78 is 6.41. The number of rotatable bonds is 4. The summed E-state index contributed by atoms with van der Waals surface area (Å²) in [7, 11) is 0. The van der Waals surface area contributed by atoms with Crippen molar-refractivity contribution >= 4 is 39.1 Å². The molecule has 1 N–H and O–H groups in total. The lowest BCUT2D eigenvalue weighted by Gasteiger charge is -2.22. The number of anilines is 1. The van der Waals surface area contributed by atoms with E-state index in [-0.39, 0.29) is 12.0 Å². The van der Waals surface area contributed by atoms with Crippen LogP contribution >= 0.6 is 27.5 Å². The summed E-state index contributed by atoms with van der Waals surface area (Å²) in [6.45, 7) is 0.828. The van der Waals surface area contributed by atoms with Crippen LogP contribution in [0.3, 0.4) is 0 Å². The highest BCUT2D eigenvalue weighted by Crippen LogP contribution is 2.26. The van der Waals surface area contributed by atoms with Gasteiger partial charge in [0.2, 0.25) is 5.91 Å². The molecule has 1 amide bonds. The standard InChI is InChI=1S/C14H17BrClNO2/c15-12-9-10(16)4-6-13(12)17-14(18)7-5-11-3-1-2-8-19-11/h4,6,9,11H,1-3,5,7-8H2,(H,17,18). The van der Waals surface area contributed by atoms with Crippen LogP contribution in [-0.2, 0) is 9.53 Å². The summed E-state index contributed by atoms with van der Waals surface area (Å²) in [5, 5.41) is 3.52. The van der Waals surface area contributed by atoms with E-state index in [0.29, 0.717) is 11.4 Å². The Morgan fingerprint density at radius 1 is 1.47 bits per heavy atom. The topological polar surface area (TPSA) is 38.3 Å². The quantitative estimate of drug-likeness (QED) is 0.878. The fraction of sp³-hybridized carbons (Fsp3) is 0.500. The molecular formula is C14H17BrClNO2. The molecule has 1 saturated heterocycles. The van der Waals surface area contributed by atoms with Gasteiger partial charge in [0, 0.05) is 22.5 Å². The highest BCUT2D eigenvalue weighted by molar-refractivity contribution is 9.10. The molecule has 1 aromatic rings. The van der Waals surface area contributed by atoms with Crippen LogP contribution in [0.15, 0.2) is 22.7 Å². The van der Waals surface area contributed by atoms with Gasteiger partial charge in [0.15, 0.2) is 0 Å². The Morgan fingerprint density at radius 3 is 3.00 bits per heavy atom. The lowest BCUT2D eigenvalue weighted by Crippen LogP contribution is -2.21. The summed E-state index contributed by atoms with van der Waals surface area (Å²) in [6, 6.07) is 5.31. The van der Waals surface area contributed by atoms with Crippen LogP contribution in [0.4, 0.5) is 5.69 Å². The number of carbonyl (C=O) groups is 1. The Labute approximate surface area is 126 Å². The third kappa shape index (κ3) is 4.79. The van der Waals surface area contributed by atoms with Crippen LogP contribution in [0.1, 0.15) is 32.1 Å². The molecule has 3 nitrogen and oxygen atoms in total. The largest absolute Gasteiger partial charge is 0.378 e. The molecule has 1 aliphatic rings. The SMILES string of the molecule is O=C(CCC1CCCCO1)Nc1ccc(Cl)cc1Br. The molecule has 1 aromatic carbocycles. The molecule has 0 saturated carbocycles. The number of hydrogen-bond acceptors (Lipinski definition) is 2. The molecule has 5 heteroatoms. The molecule has 2 rings (SSSR count). The number of amides is 1. The Morgan fingerprint density at radius 2 is 2.32 bits per heavy atom. The molecule has 1 heterocycles. The molecule has 1 atom stereocenters. The van der Waals surface area contributed by atoms with Crippen molar-refractivity contribution in [2.45, 2.75) is 38.2 Å². The second-order valence-corrected chi connectivity index (χ2v) is 5.99. The van der Waals surface area contributed by atoms with E-state index in [1.54, 1.807) is 18.2 Å². The van der Waals surface area contributed by atoms with Crippen molar-refractivity contribution in [1.82, 2.24) is 0 Å². The first-order chi connectivity index (χ1) is 9.15. The first-order valence-electron chi connectivity index (χ1n) is 6.51. The van der Waals surface area contributed by atoms with E-state index < -0.39 is 0 Å². The number of benzene rings is 1. The minimum atomic E-state index is 0.0113. The zero-order valence-electron chi connectivity index (χ0n) is 10.6.